The van der Waals surface area contributed by atoms with Gasteiger partial charge in [0.05, 0.1) is 11.0 Å². The van der Waals surface area contributed by atoms with E-state index >= 15 is 0 Å². The summed E-state index contributed by atoms with van der Waals surface area (Å²) in [6, 6.07) is 74.6. The molecule has 2 aromatic heterocycles. The van der Waals surface area contributed by atoms with E-state index in [9.17, 15) is 0 Å². The molecule has 0 bridgehead atoms. The molecule has 0 saturated carbocycles. The van der Waals surface area contributed by atoms with Gasteiger partial charge in [-0.2, -0.15) is 0 Å². The quantitative estimate of drug-likeness (QED) is 0.178. The highest BCUT2D eigenvalue weighted by Crippen LogP contribution is 2.65. The molecule has 14 rings (SSSR count). The zero-order chi connectivity index (χ0) is 41.9. The third-order valence-electron chi connectivity index (χ3n) is 14.1. The molecule has 4 heteroatoms. The van der Waals surface area contributed by atoms with Gasteiger partial charge in [0.15, 0.2) is 17.5 Å². The van der Waals surface area contributed by atoms with Crippen molar-refractivity contribution in [1.29, 1.82) is 0 Å². The van der Waals surface area contributed by atoms with Gasteiger partial charge < -0.3 is 4.42 Å². The van der Waals surface area contributed by atoms with Gasteiger partial charge in [-0.3, -0.25) is 0 Å². The van der Waals surface area contributed by atoms with Crippen molar-refractivity contribution in [2.45, 2.75) is 17.8 Å². The van der Waals surface area contributed by atoms with E-state index in [1.54, 1.807) is 0 Å². The summed E-state index contributed by atoms with van der Waals surface area (Å²) in [5.41, 5.74) is 21.5. The average molecular weight is 816 g/mol. The molecule has 0 N–H and O–H groups in total. The predicted octanol–water partition coefficient (Wildman–Crippen LogP) is 14.5. The molecule has 3 aliphatic rings. The molecule has 9 aromatic carbocycles. The Balaban J connectivity index is 0.915. The lowest BCUT2D eigenvalue weighted by Gasteiger charge is -2.33. The van der Waals surface area contributed by atoms with Crippen molar-refractivity contribution in [1.82, 2.24) is 15.0 Å². The van der Waals surface area contributed by atoms with Crippen LogP contribution in [0.15, 0.2) is 211 Å². The Morgan fingerprint density at radius 3 is 1.66 bits per heavy atom. The summed E-state index contributed by atoms with van der Waals surface area (Å²) in [5, 5.41) is 2.13. The van der Waals surface area contributed by atoms with Gasteiger partial charge >= 0.3 is 0 Å². The number of nitrogens with zero attached hydrogens (tertiary/aromatic N) is 3. The molecule has 1 unspecified atom stereocenters. The molecule has 11 aromatic rings. The molecule has 0 fully saturated rings. The van der Waals surface area contributed by atoms with Gasteiger partial charge in [-0.1, -0.05) is 188 Å². The third-order valence-corrected chi connectivity index (χ3v) is 14.1. The van der Waals surface area contributed by atoms with Crippen molar-refractivity contribution in [3.05, 3.63) is 245 Å². The van der Waals surface area contributed by atoms with Crippen molar-refractivity contribution in [3.8, 4) is 67.5 Å². The molecule has 3 aliphatic carbocycles. The van der Waals surface area contributed by atoms with E-state index in [0.29, 0.717) is 17.5 Å². The lowest BCUT2D eigenvalue weighted by molar-refractivity contribution is 0.669. The van der Waals surface area contributed by atoms with E-state index < -0.39 is 0 Å². The minimum Gasteiger partial charge on any atom is -0.455 e. The first-order valence-electron chi connectivity index (χ1n) is 22.1. The van der Waals surface area contributed by atoms with Crippen LogP contribution in [0.4, 0.5) is 0 Å². The molecule has 1 atom stereocenters. The van der Waals surface area contributed by atoms with Crippen molar-refractivity contribution >= 4 is 21.9 Å². The van der Waals surface area contributed by atoms with E-state index in [2.05, 4.69) is 146 Å². The van der Waals surface area contributed by atoms with Gasteiger partial charge in [-0.05, 0) is 96.9 Å². The number of aromatic nitrogens is 3. The summed E-state index contributed by atoms with van der Waals surface area (Å²) < 4.78 is 6.78. The lowest BCUT2D eigenvalue weighted by Crippen LogP contribution is -2.26. The van der Waals surface area contributed by atoms with Gasteiger partial charge in [0.1, 0.15) is 11.2 Å². The van der Waals surface area contributed by atoms with Crippen molar-refractivity contribution in [2.75, 3.05) is 0 Å². The summed E-state index contributed by atoms with van der Waals surface area (Å²) in [5.74, 6) is 1.98. The smallest absolute Gasteiger partial charge is 0.167 e. The molecule has 1 spiro atoms. The van der Waals surface area contributed by atoms with Crippen molar-refractivity contribution in [3.63, 3.8) is 0 Å². The average Bonchev–Trinajstić information content (AvgIpc) is 4.00. The number of hydrogen-bond donors (Lipinski definition) is 0. The maximum absolute atomic E-state index is 6.78. The summed E-state index contributed by atoms with van der Waals surface area (Å²) in [6.45, 7) is 0. The number of hydrogen-bond acceptors (Lipinski definition) is 4. The second-order valence-corrected chi connectivity index (χ2v) is 17.3. The van der Waals surface area contributed by atoms with Crippen LogP contribution in [0.3, 0.4) is 0 Å². The Morgan fingerprint density at radius 1 is 0.406 bits per heavy atom. The first-order valence-corrected chi connectivity index (χ1v) is 22.1. The monoisotopic (exact) mass is 815 g/mol. The first kappa shape index (κ1) is 35.4. The minimum absolute atomic E-state index is 0.156. The summed E-state index contributed by atoms with van der Waals surface area (Å²) in [6.07, 6.45) is 0.893. The molecule has 0 radical (unpaired) electrons. The van der Waals surface area contributed by atoms with E-state index in [1.807, 2.05) is 60.7 Å². The van der Waals surface area contributed by atoms with E-state index in [-0.39, 0.29) is 11.3 Å². The Labute approximate surface area is 370 Å². The van der Waals surface area contributed by atoms with Gasteiger partial charge in [-0.15, -0.1) is 0 Å². The van der Waals surface area contributed by atoms with E-state index in [0.717, 1.165) is 45.0 Å². The fraction of sp³-hybridized carbons (Fsp3) is 0.0500. The van der Waals surface area contributed by atoms with Crippen LogP contribution in [-0.2, 0) is 11.8 Å². The normalized spacial score (nSPS) is 14.8. The molecular weight excluding hydrogens is 779 g/mol. The number of para-hydroxylation sites is 1. The molecule has 298 valence electrons. The Bertz CT molecular complexity index is 3610. The Kier molecular flexibility index (Phi) is 7.41. The lowest BCUT2D eigenvalue weighted by atomic mass is 9.69. The Morgan fingerprint density at radius 2 is 0.969 bits per heavy atom. The summed E-state index contributed by atoms with van der Waals surface area (Å²) in [7, 11) is 0. The predicted molar refractivity (Wildman–Crippen MR) is 257 cm³/mol. The number of rotatable bonds is 4. The first-order chi connectivity index (χ1) is 31.7. The SMILES string of the molecule is c1ccc(-c2nc(-c3ccccc3)nc(-c3cccc4c3oc3ccc(C5Cc6ccc7c(c6-c6ccccc65)-c5ccccc5C75c6ccccc6-c6ccccc65)cc34)n2)cc1. The number of fused-ring (bicyclic) bond motifs is 17. The largest absolute Gasteiger partial charge is 0.455 e. The van der Waals surface area contributed by atoms with Crippen LogP contribution >= 0.6 is 0 Å². The summed E-state index contributed by atoms with van der Waals surface area (Å²) in [4.78, 5) is 15.1. The van der Waals surface area contributed by atoms with Gasteiger partial charge in [-0.25, -0.2) is 15.0 Å². The number of furan rings is 1. The van der Waals surface area contributed by atoms with Gasteiger partial charge in [0, 0.05) is 27.8 Å². The molecule has 0 aliphatic heterocycles. The van der Waals surface area contributed by atoms with Gasteiger partial charge in [0.2, 0.25) is 0 Å². The zero-order valence-electron chi connectivity index (χ0n) is 34.7. The second-order valence-electron chi connectivity index (χ2n) is 17.3. The molecule has 2 heterocycles. The minimum atomic E-state index is -0.375. The molecular formula is C60H37N3O. The zero-order valence-corrected chi connectivity index (χ0v) is 34.7. The van der Waals surface area contributed by atoms with Gasteiger partial charge in [0.25, 0.3) is 0 Å². The standard InChI is InChI=1S/C60H37N3O/c1-3-16-36(17-4-1)57-61-58(37-18-5-2-6-19-37)63-59(62-57)46-26-15-25-44-48-34-38(31-33-53(48)64-56(44)46)47-35-39-30-32-52-55(54(39)43-23-8-7-20-40(43)47)45-24-11-14-29-51(45)60(52)49-27-12-9-21-41(49)42-22-10-13-28-50(42)60/h1-34,47H,35H2. The van der Waals surface area contributed by atoms with Crippen molar-refractivity contribution < 1.29 is 4.42 Å². The topological polar surface area (TPSA) is 51.8 Å². The fourth-order valence-corrected chi connectivity index (χ4v) is 11.5. The van der Waals surface area contributed by atoms with Crippen LogP contribution in [0.25, 0.3) is 89.5 Å². The van der Waals surface area contributed by atoms with E-state index in [4.69, 9.17) is 19.4 Å². The number of benzene rings is 9. The molecule has 0 saturated heterocycles. The molecule has 4 nitrogen and oxygen atoms in total. The summed E-state index contributed by atoms with van der Waals surface area (Å²) >= 11 is 0. The van der Waals surface area contributed by atoms with Crippen LogP contribution in [0.1, 0.15) is 44.9 Å². The second kappa shape index (κ2) is 13.4. The van der Waals surface area contributed by atoms with Crippen molar-refractivity contribution in [2.24, 2.45) is 0 Å². The van der Waals surface area contributed by atoms with Crippen LogP contribution in [0, 0.1) is 0 Å². The fourth-order valence-electron chi connectivity index (χ4n) is 11.5. The molecule has 0 amide bonds. The highest BCUT2D eigenvalue weighted by molar-refractivity contribution is 6.09. The van der Waals surface area contributed by atoms with Crippen LogP contribution in [0.2, 0.25) is 0 Å². The van der Waals surface area contributed by atoms with E-state index in [1.165, 1.54) is 72.3 Å². The van der Waals surface area contributed by atoms with Crippen LogP contribution in [0.5, 0.6) is 0 Å². The third kappa shape index (κ3) is 4.85. The van der Waals surface area contributed by atoms with Crippen LogP contribution < -0.4 is 0 Å². The maximum atomic E-state index is 6.78. The Hall–Kier alpha value is -8.21. The van der Waals surface area contributed by atoms with Crippen LogP contribution in [-0.4, -0.2) is 15.0 Å². The molecule has 64 heavy (non-hydrogen) atoms. The highest BCUT2D eigenvalue weighted by Gasteiger charge is 2.52. The highest BCUT2D eigenvalue weighted by atomic mass is 16.3. The maximum Gasteiger partial charge on any atom is 0.167 e.